The third kappa shape index (κ3) is 7.62. The van der Waals surface area contributed by atoms with Crippen LogP contribution in [0.15, 0.2) is 29.3 Å². The molecule has 0 spiro atoms. The van der Waals surface area contributed by atoms with Crippen LogP contribution in [0.1, 0.15) is 32.3 Å². The molecule has 0 amide bonds. The summed E-state index contributed by atoms with van der Waals surface area (Å²) in [6, 6.07) is 8.26. The molecule has 1 aromatic rings. The fourth-order valence-corrected chi connectivity index (χ4v) is 2.68. The van der Waals surface area contributed by atoms with E-state index in [2.05, 4.69) is 42.5 Å². The van der Waals surface area contributed by atoms with Gasteiger partial charge in [0.05, 0.1) is 25.9 Å². The van der Waals surface area contributed by atoms with Crippen LogP contribution in [0.2, 0.25) is 0 Å². The molecule has 1 heterocycles. The molecule has 6 nitrogen and oxygen atoms in total. The summed E-state index contributed by atoms with van der Waals surface area (Å²) in [5, 5.41) is 6.67. The third-order valence-electron chi connectivity index (χ3n) is 4.12. The Bertz CT molecular complexity index is 545. The first-order chi connectivity index (χ1) is 12.7. The van der Waals surface area contributed by atoms with Gasteiger partial charge in [-0.3, -0.25) is 4.99 Å². The molecule has 0 bridgehead atoms. The normalized spacial score (nSPS) is 18.6. The maximum absolute atomic E-state index is 5.86. The molecule has 26 heavy (non-hydrogen) atoms. The maximum atomic E-state index is 5.86. The molecule has 2 unspecified atom stereocenters. The van der Waals surface area contributed by atoms with Crippen molar-refractivity contribution in [3.63, 3.8) is 0 Å². The van der Waals surface area contributed by atoms with E-state index < -0.39 is 0 Å². The standard InChI is InChI=1S/C20H33N3O3/c1-4-21-20(23-17(3)14-26-18-10-13-24-15-18)22-11-7-12-25-19-9-6-5-8-16(19)2/h5-6,8-9,17-18H,4,7,10-15H2,1-3H3,(H2,21,22,23). The van der Waals surface area contributed by atoms with Crippen LogP contribution in [-0.2, 0) is 9.47 Å². The lowest BCUT2D eigenvalue weighted by atomic mass is 10.2. The Labute approximate surface area is 157 Å². The maximum Gasteiger partial charge on any atom is 0.191 e. The van der Waals surface area contributed by atoms with Gasteiger partial charge in [0.15, 0.2) is 5.96 Å². The van der Waals surface area contributed by atoms with Crippen LogP contribution in [0, 0.1) is 6.92 Å². The lowest BCUT2D eigenvalue weighted by Crippen LogP contribution is -2.44. The summed E-state index contributed by atoms with van der Waals surface area (Å²) in [6.07, 6.45) is 2.09. The lowest BCUT2D eigenvalue weighted by Gasteiger charge is -2.19. The van der Waals surface area contributed by atoms with E-state index in [9.17, 15) is 0 Å². The van der Waals surface area contributed by atoms with Gasteiger partial charge < -0.3 is 24.8 Å². The van der Waals surface area contributed by atoms with Crippen molar-refractivity contribution in [3.05, 3.63) is 29.8 Å². The van der Waals surface area contributed by atoms with Crippen molar-refractivity contribution in [1.29, 1.82) is 0 Å². The van der Waals surface area contributed by atoms with Crippen molar-refractivity contribution in [2.45, 2.75) is 45.8 Å². The fraction of sp³-hybridized carbons (Fsp3) is 0.650. The predicted octanol–water partition coefficient (Wildman–Crippen LogP) is 2.51. The molecule has 2 N–H and O–H groups in total. The average molecular weight is 364 g/mol. The summed E-state index contributed by atoms with van der Waals surface area (Å²) in [5.74, 6) is 1.77. The van der Waals surface area contributed by atoms with E-state index in [1.165, 1.54) is 0 Å². The minimum atomic E-state index is 0.191. The Hall–Kier alpha value is -1.79. The number of rotatable bonds is 10. The van der Waals surface area contributed by atoms with Crippen molar-refractivity contribution in [2.75, 3.05) is 39.5 Å². The van der Waals surface area contributed by atoms with Crippen LogP contribution in [0.4, 0.5) is 0 Å². The third-order valence-corrected chi connectivity index (χ3v) is 4.12. The number of para-hydroxylation sites is 1. The van der Waals surface area contributed by atoms with Gasteiger partial charge in [-0.25, -0.2) is 0 Å². The largest absolute Gasteiger partial charge is 0.493 e. The van der Waals surface area contributed by atoms with Gasteiger partial charge in [-0.15, -0.1) is 0 Å². The van der Waals surface area contributed by atoms with E-state index in [0.717, 1.165) is 43.3 Å². The monoisotopic (exact) mass is 363 g/mol. The first kappa shape index (κ1) is 20.5. The number of guanidine groups is 1. The molecule has 0 saturated carbocycles. The second kappa shape index (κ2) is 11.8. The first-order valence-electron chi connectivity index (χ1n) is 9.61. The Morgan fingerprint density at radius 2 is 2.23 bits per heavy atom. The number of hydrogen-bond acceptors (Lipinski definition) is 4. The smallest absolute Gasteiger partial charge is 0.191 e. The summed E-state index contributed by atoms with van der Waals surface area (Å²) in [5.41, 5.74) is 1.16. The van der Waals surface area contributed by atoms with Gasteiger partial charge in [0, 0.05) is 32.2 Å². The summed E-state index contributed by atoms with van der Waals surface area (Å²) in [4.78, 5) is 4.62. The van der Waals surface area contributed by atoms with Crippen LogP contribution in [0.25, 0.3) is 0 Å². The summed E-state index contributed by atoms with van der Waals surface area (Å²) >= 11 is 0. The molecule has 6 heteroatoms. The van der Waals surface area contributed by atoms with E-state index >= 15 is 0 Å². The molecule has 0 aliphatic carbocycles. The summed E-state index contributed by atoms with van der Waals surface area (Å²) < 4.78 is 17.0. The molecule has 1 aliphatic rings. The molecule has 0 radical (unpaired) electrons. The van der Waals surface area contributed by atoms with Gasteiger partial charge >= 0.3 is 0 Å². The first-order valence-corrected chi connectivity index (χ1v) is 9.61. The molecule has 1 saturated heterocycles. The zero-order valence-corrected chi connectivity index (χ0v) is 16.3. The Balaban J connectivity index is 1.67. The molecular formula is C20H33N3O3. The molecular weight excluding hydrogens is 330 g/mol. The van der Waals surface area contributed by atoms with E-state index in [-0.39, 0.29) is 12.1 Å². The SMILES string of the molecule is CCNC(=NCCCOc1ccccc1C)NC(C)COC1CCOC1. The van der Waals surface area contributed by atoms with E-state index in [1.807, 2.05) is 18.2 Å². The number of aliphatic imine (C=N–C) groups is 1. The van der Waals surface area contributed by atoms with Crippen LogP contribution in [0.3, 0.4) is 0 Å². The van der Waals surface area contributed by atoms with Crippen LogP contribution in [0.5, 0.6) is 5.75 Å². The van der Waals surface area contributed by atoms with Gasteiger partial charge in [-0.1, -0.05) is 18.2 Å². The highest BCUT2D eigenvalue weighted by molar-refractivity contribution is 5.80. The van der Waals surface area contributed by atoms with Gasteiger partial charge in [-0.05, 0) is 38.8 Å². The number of hydrogen-bond donors (Lipinski definition) is 2. The minimum Gasteiger partial charge on any atom is -0.493 e. The van der Waals surface area contributed by atoms with Crippen molar-refractivity contribution < 1.29 is 14.2 Å². The van der Waals surface area contributed by atoms with Gasteiger partial charge in [0.25, 0.3) is 0 Å². The second-order valence-electron chi connectivity index (χ2n) is 6.59. The van der Waals surface area contributed by atoms with E-state index in [0.29, 0.717) is 26.4 Å². The summed E-state index contributed by atoms with van der Waals surface area (Å²) in [7, 11) is 0. The zero-order chi connectivity index (χ0) is 18.6. The highest BCUT2D eigenvalue weighted by Gasteiger charge is 2.17. The van der Waals surface area contributed by atoms with Crippen molar-refractivity contribution in [1.82, 2.24) is 10.6 Å². The Kier molecular flexibility index (Phi) is 9.28. The lowest BCUT2D eigenvalue weighted by molar-refractivity contribution is 0.0347. The topological polar surface area (TPSA) is 64.1 Å². The van der Waals surface area contributed by atoms with E-state index in [4.69, 9.17) is 14.2 Å². The predicted molar refractivity (Wildman–Crippen MR) is 105 cm³/mol. The van der Waals surface area contributed by atoms with Crippen molar-refractivity contribution in [3.8, 4) is 5.75 Å². The summed E-state index contributed by atoms with van der Waals surface area (Å²) in [6.45, 7) is 10.6. The minimum absolute atomic E-state index is 0.191. The number of nitrogens with one attached hydrogen (secondary N) is 2. The van der Waals surface area contributed by atoms with Crippen LogP contribution in [-0.4, -0.2) is 57.6 Å². The number of aryl methyl sites for hydroxylation is 1. The van der Waals surface area contributed by atoms with Crippen molar-refractivity contribution in [2.24, 2.45) is 4.99 Å². The molecule has 1 aliphatic heterocycles. The van der Waals surface area contributed by atoms with Gasteiger partial charge in [0.1, 0.15) is 5.75 Å². The molecule has 2 atom stereocenters. The zero-order valence-electron chi connectivity index (χ0n) is 16.3. The van der Waals surface area contributed by atoms with Gasteiger partial charge in [0.2, 0.25) is 0 Å². The Morgan fingerprint density at radius 1 is 1.38 bits per heavy atom. The van der Waals surface area contributed by atoms with Crippen LogP contribution < -0.4 is 15.4 Å². The number of benzene rings is 1. The molecule has 1 fully saturated rings. The van der Waals surface area contributed by atoms with Crippen LogP contribution >= 0.6 is 0 Å². The Morgan fingerprint density at radius 3 is 2.96 bits per heavy atom. The van der Waals surface area contributed by atoms with E-state index in [1.54, 1.807) is 0 Å². The number of ether oxygens (including phenoxy) is 3. The fourth-order valence-electron chi connectivity index (χ4n) is 2.68. The highest BCUT2D eigenvalue weighted by Crippen LogP contribution is 2.16. The quantitative estimate of drug-likeness (QED) is 0.380. The molecule has 146 valence electrons. The molecule has 2 rings (SSSR count). The average Bonchev–Trinajstić information content (AvgIpc) is 3.15. The molecule has 0 aromatic heterocycles. The highest BCUT2D eigenvalue weighted by atomic mass is 16.5. The second-order valence-corrected chi connectivity index (χ2v) is 6.59. The molecule has 1 aromatic carbocycles. The van der Waals surface area contributed by atoms with Crippen molar-refractivity contribution >= 4 is 5.96 Å². The number of nitrogens with zero attached hydrogens (tertiary/aromatic N) is 1. The van der Waals surface area contributed by atoms with Gasteiger partial charge in [-0.2, -0.15) is 0 Å².